The molecule has 2 aromatic heterocycles. The first-order chi connectivity index (χ1) is 9.81. The minimum atomic E-state index is -0.187. The average Bonchev–Trinajstić information content (AvgIpc) is 3.07. The Kier molecular flexibility index (Phi) is 3.54. The predicted octanol–water partition coefficient (Wildman–Crippen LogP) is 2.59. The zero-order valence-electron chi connectivity index (χ0n) is 11.4. The molecule has 1 atom stereocenters. The third-order valence-corrected chi connectivity index (χ3v) is 3.34. The van der Waals surface area contributed by atoms with Crippen LogP contribution < -0.4 is 11.3 Å². The first kappa shape index (κ1) is 12.9. The molecule has 3 rings (SSSR count). The van der Waals surface area contributed by atoms with Gasteiger partial charge < -0.3 is 4.42 Å². The van der Waals surface area contributed by atoms with Crippen molar-refractivity contribution in [2.45, 2.75) is 25.9 Å². The van der Waals surface area contributed by atoms with Crippen molar-refractivity contribution in [1.82, 2.24) is 15.2 Å². The highest BCUT2D eigenvalue weighted by Crippen LogP contribution is 2.27. The number of nitrogens with zero attached hydrogens (tertiary/aromatic N) is 2. The normalized spacial score (nSPS) is 12.9. The Morgan fingerprint density at radius 2 is 2.25 bits per heavy atom. The van der Waals surface area contributed by atoms with Crippen LogP contribution in [0.15, 0.2) is 47.1 Å². The fraction of sp³-hybridized carbons (Fsp3) is 0.267. The predicted molar refractivity (Wildman–Crippen MR) is 77.9 cm³/mol. The van der Waals surface area contributed by atoms with Gasteiger partial charge in [0.2, 0.25) is 0 Å². The Morgan fingerprint density at radius 3 is 3.00 bits per heavy atom. The molecule has 5 heteroatoms. The molecule has 0 aliphatic carbocycles. The lowest BCUT2D eigenvalue weighted by atomic mass is 10.1. The largest absolute Gasteiger partial charge is 0.459 e. The molecule has 0 saturated carbocycles. The highest BCUT2D eigenvalue weighted by atomic mass is 16.3. The monoisotopic (exact) mass is 270 g/mol. The van der Waals surface area contributed by atoms with Crippen LogP contribution in [0.5, 0.6) is 0 Å². The van der Waals surface area contributed by atoms with Gasteiger partial charge in [-0.15, -0.1) is 0 Å². The minimum Gasteiger partial charge on any atom is -0.459 e. The summed E-state index contributed by atoms with van der Waals surface area (Å²) in [7, 11) is 0. The Morgan fingerprint density at radius 1 is 1.40 bits per heavy atom. The van der Waals surface area contributed by atoms with Gasteiger partial charge in [-0.2, -0.15) is 5.10 Å². The number of nitrogens with one attached hydrogen (secondary N) is 1. The fourth-order valence-electron chi connectivity index (χ4n) is 2.37. The maximum Gasteiger partial charge on any atom is 0.134 e. The van der Waals surface area contributed by atoms with E-state index >= 15 is 0 Å². The molecule has 3 N–H and O–H groups in total. The van der Waals surface area contributed by atoms with Crippen LogP contribution in [0, 0.1) is 0 Å². The van der Waals surface area contributed by atoms with Gasteiger partial charge in [-0.1, -0.05) is 25.1 Å². The van der Waals surface area contributed by atoms with Gasteiger partial charge in [0.05, 0.1) is 6.20 Å². The third-order valence-electron chi connectivity index (χ3n) is 3.34. The lowest BCUT2D eigenvalue weighted by Gasteiger charge is -2.10. The van der Waals surface area contributed by atoms with E-state index in [-0.39, 0.29) is 6.04 Å². The molecule has 104 valence electrons. The molecular weight excluding hydrogens is 252 g/mol. The van der Waals surface area contributed by atoms with Gasteiger partial charge >= 0.3 is 0 Å². The van der Waals surface area contributed by atoms with Gasteiger partial charge in [0.1, 0.15) is 17.4 Å². The number of hydrogen-bond acceptors (Lipinski definition) is 4. The van der Waals surface area contributed by atoms with E-state index in [9.17, 15) is 0 Å². The van der Waals surface area contributed by atoms with Gasteiger partial charge in [0.15, 0.2) is 0 Å². The number of fused-ring (bicyclic) bond motifs is 1. The number of para-hydroxylation sites is 1. The van der Waals surface area contributed by atoms with E-state index in [2.05, 4.69) is 17.4 Å². The number of rotatable bonds is 5. The molecule has 0 fully saturated rings. The SMILES string of the molecule is CCCn1cc(C(NN)c2cc3ccccc3o2)cn1. The second-order valence-electron chi connectivity index (χ2n) is 4.82. The van der Waals surface area contributed by atoms with Crippen LogP contribution in [0.3, 0.4) is 0 Å². The van der Waals surface area contributed by atoms with Gasteiger partial charge in [0.25, 0.3) is 0 Å². The standard InChI is InChI=1S/C15H18N4O/c1-2-7-19-10-12(9-17-19)15(18-16)14-8-11-5-3-4-6-13(11)20-14/h3-6,8-10,15,18H,2,7,16H2,1H3. The van der Waals surface area contributed by atoms with Crippen LogP contribution >= 0.6 is 0 Å². The molecule has 0 radical (unpaired) electrons. The number of hydrogen-bond donors (Lipinski definition) is 2. The topological polar surface area (TPSA) is 69.0 Å². The number of aryl methyl sites for hydroxylation is 1. The highest BCUT2D eigenvalue weighted by molar-refractivity contribution is 5.77. The summed E-state index contributed by atoms with van der Waals surface area (Å²) in [6.45, 7) is 3.02. The number of aromatic nitrogens is 2. The number of benzene rings is 1. The zero-order valence-corrected chi connectivity index (χ0v) is 11.4. The van der Waals surface area contributed by atoms with Crippen LogP contribution in [0.4, 0.5) is 0 Å². The molecule has 0 spiro atoms. The first-order valence-electron chi connectivity index (χ1n) is 6.78. The van der Waals surface area contributed by atoms with Crippen molar-refractivity contribution in [1.29, 1.82) is 0 Å². The number of nitrogens with two attached hydrogens (primary N) is 1. The van der Waals surface area contributed by atoms with E-state index in [1.54, 1.807) is 0 Å². The Labute approximate surface area is 117 Å². The molecule has 2 heterocycles. The lowest BCUT2D eigenvalue weighted by Crippen LogP contribution is -2.28. The van der Waals surface area contributed by atoms with E-state index in [0.717, 1.165) is 35.3 Å². The van der Waals surface area contributed by atoms with Crippen molar-refractivity contribution >= 4 is 11.0 Å². The van der Waals surface area contributed by atoms with Crippen LogP contribution in [-0.2, 0) is 6.54 Å². The van der Waals surface area contributed by atoms with Crippen molar-refractivity contribution in [3.05, 3.63) is 54.0 Å². The van der Waals surface area contributed by atoms with Gasteiger partial charge in [-0.25, -0.2) is 5.43 Å². The Balaban J connectivity index is 1.95. The van der Waals surface area contributed by atoms with Crippen molar-refractivity contribution in [2.24, 2.45) is 5.84 Å². The summed E-state index contributed by atoms with van der Waals surface area (Å²) in [5, 5.41) is 5.41. The number of hydrazine groups is 1. The van der Waals surface area contributed by atoms with Crippen LogP contribution in [0.1, 0.15) is 30.7 Å². The van der Waals surface area contributed by atoms with E-state index in [1.807, 2.05) is 47.4 Å². The van der Waals surface area contributed by atoms with E-state index in [1.165, 1.54) is 0 Å². The molecule has 0 aliphatic rings. The minimum absolute atomic E-state index is 0.187. The molecule has 0 amide bonds. The summed E-state index contributed by atoms with van der Waals surface area (Å²) < 4.78 is 7.78. The Hall–Kier alpha value is -2.11. The zero-order chi connectivity index (χ0) is 13.9. The van der Waals surface area contributed by atoms with Gasteiger partial charge in [-0.05, 0) is 18.6 Å². The van der Waals surface area contributed by atoms with Crippen LogP contribution in [-0.4, -0.2) is 9.78 Å². The summed E-state index contributed by atoms with van der Waals surface area (Å²) in [5.41, 5.74) is 4.67. The average molecular weight is 270 g/mol. The van der Waals surface area contributed by atoms with E-state index in [0.29, 0.717) is 0 Å². The second-order valence-corrected chi connectivity index (χ2v) is 4.82. The maximum atomic E-state index is 5.87. The first-order valence-corrected chi connectivity index (χ1v) is 6.78. The van der Waals surface area contributed by atoms with E-state index in [4.69, 9.17) is 10.3 Å². The summed E-state index contributed by atoms with van der Waals surface area (Å²) >= 11 is 0. The molecule has 1 aromatic carbocycles. The molecule has 20 heavy (non-hydrogen) atoms. The van der Waals surface area contributed by atoms with E-state index < -0.39 is 0 Å². The fourth-order valence-corrected chi connectivity index (χ4v) is 2.37. The van der Waals surface area contributed by atoms with Crippen LogP contribution in [0.25, 0.3) is 11.0 Å². The highest BCUT2D eigenvalue weighted by Gasteiger charge is 2.18. The third kappa shape index (κ3) is 2.33. The summed E-state index contributed by atoms with van der Waals surface area (Å²) in [6, 6.07) is 9.75. The van der Waals surface area contributed by atoms with Gasteiger partial charge in [-0.3, -0.25) is 10.5 Å². The molecule has 5 nitrogen and oxygen atoms in total. The number of furan rings is 1. The van der Waals surface area contributed by atoms with Crippen molar-refractivity contribution in [3.8, 4) is 0 Å². The molecular formula is C15H18N4O. The maximum absolute atomic E-state index is 5.87. The molecule has 0 bridgehead atoms. The van der Waals surface area contributed by atoms with Crippen LogP contribution in [0.2, 0.25) is 0 Å². The van der Waals surface area contributed by atoms with Crippen molar-refractivity contribution in [2.75, 3.05) is 0 Å². The summed E-state index contributed by atoms with van der Waals surface area (Å²) in [4.78, 5) is 0. The van der Waals surface area contributed by atoms with Crippen molar-refractivity contribution in [3.63, 3.8) is 0 Å². The molecule has 0 aliphatic heterocycles. The summed E-state index contributed by atoms with van der Waals surface area (Å²) in [6.07, 6.45) is 4.88. The smallest absolute Gasteiger partial charge is 0.134 e. The molecule has 3 aromatic rings. The lowest BCUT2D eigenvalue weighted by molar-refractivity contribution is 0.477. The molecule has 0 saturated heterocycles. The molecule has 1 unspecified atom stereocenters. The summed E-state index contributed by atoms with van der Waals surface area (Å²) in [5.74, 6) is 6.49. The second kappa shape index (κ2) is 5.48. The quantitative estimate of drug-likeness (QED) is 0.552. The van der Waals surface area contributed by atoms with Gasteiger partial charge in [0, 0.05) is 23.7 Å². The van der Waals surface area contributed by atoms with Crippen molar-refractivity contribution < 1.29 is 4.42 Å². The Bertz CT molecular complexity index is 668.